The van der Waals surface area contributed by atoms with E-state index >= 15 is 0 Å². The van der Waals surface area contributed by atoms with E-state index in [4.69, 9.17) is 16.6 Å². The number of sulfonamides is 1. The second-order valence-electron chi connectivity index (χ2n) is 9.42. The molecule has 1 fully saturated rings. The van der Waals surface area contributed by atoms with E-state index in [0.29, 0.717) is 44.0 Å². The zero-order chi connectivity index (χ0) is 25.2. The lowest BCUT2D eigenvalue weighted by molar-refractivity contribution is -0.130. The lowest BCUT2D eigenvalue weighted by Crippen LogP contribution is -2.39. The predicted molar refractivity (Wildman–Crippen MR) is 142 cm³/mol. The van der Waals surface area contributed by atoms with Crippen LogP contribution in [0.3, 0.4) is 0 Å². The molecule has 1 aromatic heterocycles. The number of carbonyl (C=O) groups is 1. The molecule has 1 aliphatic heterocycles. The standard InChI is InChI=1S/C27H34ClN3O3S/c1-4-30(5-2)25(32)11-8-20-17-21-18-22(28)9-10-23(21)26(27-24(20)7-6-14-29-27)19-12-15-31(16-13-19)35(3,33)34/h6-7,9-10,14,17-19,26H,4-5,8,11-13,15-16H2,1-3H3. The van der Waals surface area contributed by atoms with Crippen LogP contribution in [-0.2, 0) is 14.8 Å². The van der Waals surface area contributed by atoms with E-state index in [1.54, 1.807) is 4.31 Å². The molecule has 0 radical (unpaired) electrons. The summed E-state index contributed by atoms with van der Waals surface area (Å²) in [6.45, 7) is 6.46. The Morgan fingerprint density at radius 2 is 1.89 bits per heavy atom. The first kappa shape index (κ1) is 25.9. The first-order valence-corrected chi connectivity index (χ1v) is 14.6. The summed E-state index contributed by atoms with van der Waals surface area (Å²) in [5.41, 5.74) is 5.39. The number of carbonyl (C=O) groups excluding carboxylic acids is 1. The number of hydrogen-bond acceptors (Lipinski definition) is 4. The van der Waals surface area contributed by atoms with Gasteiger partial charge >= 0.3 is 0 Å². The number of halogens is 1. The molecule has 2 aliphatic rings. The van der Waals surface area contributed by atoms with Gasteiger partial charge < -0.3 is 4.90 Å². The fraction of sp³-hybridized carbons (Fsp3) is 0.481. The maximum Gasteiger partial charge on any atom is 0.222 e. The second kappa shape index (κ2) is 10.8. The van der Waals surface area contributed by atoms with E-state index < -0.39 is 10.0 Å². The Bertz CT molecular complexity index is 1220. The summed E-state index contributed by atoms with van der Waals surface area (Å²) in [6.07, 6.45) is 7.88. The smallest absolute Gasteiger partial charge is 0.222 e. The highest BCUT2D eigenvalue weighted by Crippen LogP contribution is 2.45. The first-order valence-electron chi connectivity index (χ1n) is 12.4. The Labute approximate surface area is 214 Å². The van der Waals surface area contributed by atoms with Crippen LogP contribution in [0.1, 0.15) is 67.8 Å². The molecule has 1 atom stereocenters. The number of pyridine rings is 1. The van der Waals surface area contributed by atoms with Crippen LogP contribution >= 0.6 is 11.6 Å². The van der Waals surface area contributed by atoms with Gasteiger partial charge in [0.1, 0.15) is 0 Å². The lowest BCUT2D eigenvalue weighted by atomic mass is 9.76. The number of fused-ring (bicyclic) bond motifs is 2. The monoisotopic (exact) mass is 515 g/mol. The molecule has 35 heavy (non-hydrogen) atoms. The third kappa shape index (κ3) is 5.63. The topological polar surface area (TPSA) is 70.6 Å². The highest BCUT2D eigenvalue weighted by atomic mass is 35.5. The van der Waals surface area contributed by atoms with Crippen molar-refractivity contribution in [3.63, 3.8) is 0 Å². The van der Waals surface area contributed by atoms with E-state index in [0.717, 1.165) is 40.8 Å². The molecule has 6 nitrogen and oxygen atoms in total. The zero-order valence-corrected chi connectivity index (χ0v) is 22.3. The number of amides is 1. The van der Waals surface area contributed by atoms with Gasteiger partial charge in [-0.25, -0.2) is 12.7 Å². The minimum atomic E-state index is -3.20. The van der Waals surface area contributed by atoms with Gasteiger partial charge in [0.2, 0.25) is 15.9 Å². The molecule has 1 saturated heterocycles. The fourth-order valence-electron chi connectivity index (χ4n) is 5.50. The highest BCUT2D eigenvalue weighted by molar-refractivity contribution is 7.88. The summed E-state index contributed by atoms with van der Waals surface area (Å²) in [4.78, 5) is 19.5. The van der Waals surface area contributed by atoms with Crippen molar-refractivity contribution in [2.75, 3.05) is 32.4 Å². The van der Waals surface area contributed by atoms with Crippen LogP contribution in [0.25, 0.3) is 11.6 Å². The van der Waals surface area contributed by atoms with Gasteiger partial charge in [-0.3, -0.25) is 9.78 Å². The summed E-state index contributed by atoms with van der Waals surface area (Å²) in [5, 5.41) is 0.670. The van der Waals surface area contributed by atoms with Crippen molar-refractivity contribution in [3.05, 3.63) is 63.9 Å². The summed E-state index contributed by atoms with van der Waals surface area (Å²) in [5.74, 6) is 0.445. The third-order valence-electron chi connectivity index (χ3n) is 7.36. The fourth-order valence-corrected chi connectivity index (χ4v) is 6.56. The van der Waals surface area contributed by atoms with Gasteiger partial charge in [0.05, 0.1) is 11.9 Å². The summed E-state index contributed by atoms with van der Waals surface area (Å²) >= 11 is 6.42. The molecule has 2 aromatic rings. The van der Waals surface area contributed by atoms with E-state index in [2.05, 4.69) is 18.2 Å². The number of hydrogen-bond donors (Lipinski definition) is 0. The third-order valence-corrected chi connectivity index (χ3v) is 8.89. The molecule has 8 heteroatoms. The van der Waals surface area contributed by atoms with Gasteiger partial charge in [-0.2, -0.15) is 0 Å². The number of piperidine rings is 1. The molecular weight excluding hydrogens is 482 g/mol. The predicted octanol–water partition coefficient (Wildman–Crippen LogP) is 5.04. The number of nitrogens with zero attached hydrogens (tertiary/aromatic N) is 3. The molecule has 0 spiro atoms. The Hall–Kier alpha value is -2.22. The largest absolute Gasteiger partial charge is 0.343 e. The van der Waals surface area contributed by atoms with Crippen LogP contribution in [0, 0.1) is 5.92 Å². The molecule has 1 aromatic carbocycles. The Morgan fingerprint density at radius 1 is 1.17 bits per heavy atom. The maximum absolute atomic E-state index is 12.8. The average molecular weight is 516 g/mol. The molecule has 188 valence electrons. The van der Waals surface area contributed by atoms with Gasteiger partial charge in [-0.15, -0.1) is 0 Å². The van der Waals surface area contributed by atoms with Gasteiger partial charge in [0.25, 0.3) is 0 Å². The van der Waals surface area contributed by atoms with Crippen LogP contribution in [-0.4, -0.2) is 60.9 Å². The first-order chi connectivity index (χ1) is 16.7. The van der Waals surface area contributed by atoms with Crippen LogP contribution in [0.2, 0.25) is 5.02 Å². The summed E-state index contributed by atoms with van der Waals surface area (Å²) in [6, 6.07) is 10.1. The van der Waals surface area contributed by atoms with Crippen LogP contribution in [0.4, 0.5) is 0 Å². The van der Waals surface area contributed by atoms with Gasteiger partial charge in [-0.05, 0) is 79.5 Å². The average Bonchev–Trinajstić information content (AvgIpc) is 2.97. The summed E-state index contributed by atoms with van der Waals surface area (Å²) < 4.78 is 25.7. The second-order valence-corrected chi connectivity index (χ2v) is 11.8. The van der Waals surface area contributed by atoms with Gasteiger partial charge in [0, 0.05) is 49.7 Å². The molecule has 1 aliphatic carbocycles. The van der Waals surface area contributed by atoms with Crippen molar-refractivity contribution in [3.8, 4) is 0 Å². The van der Waals surface area contributed by atoms with E-state index in [1.165, 1.54) is 6.26 Å². The molecule has 4 rings (SSSR count). The Morgan fingerprint density at radius 3 is 2.54 bits per heavy atom. The Balaban J connectivity index is 1.72. The van der Waals surface area contributed by atoms with E-state index in [-0.39, 0.29) is 17.7 Å². The van der Waals surface area contributed by atoms with Gasteiger partial charge in [-0.1, -0.05) is 29.8 Å². The van der Waals surface area contributed by atoms with Gasteiger partial charge in [0.15, 0.2) is 0 Å². The normalized spacial score (nSPS) is 18.9. The zero-order valence-electron chi connectivity index (χ0n) is 20.7. The van der Waals surface area contributed by atoms with Crippen molar-refractivity contribution in [2.45, 2.75) is 45.4 Å². The maximum atomic E-state index is 12.8. The SMILES string of the molecule is CCN(CC)C(=O)CCC1=Cc2cc(Cl)ccc2C(C2CCN(S(C)(=O)=O)CC2)c2ncccc21. The van der Waals surface area contributed by atoms with Crippen molar-refractivity contribution in [1.82, 2.24) is 14.2 Å². The van der Waals surface area contributed by atoms with Crippen molar-refractivity contribution in [1.29, 1.82) is 0 Å². The minimum Gasteiger partial charge on any atom is -0.343 e. The molecule has 1 amide bonds. The van der Waals surface area contributed by atoms with Crippen LogP contribution < -0.4 is 0 Å². The molecule has 2 heterocycles. The molecule has 1 unspecified atom stereocenters. The molecule has 0 N–H and O–H groups in total. The van der Waals surface area contributed by atoms with Crippen molar-refractivity contribution >= 4 is 39.2 Å². The van der Waals surface area contributed by atoms with Crippen LogP contribution in [0.15, 0.2) is 36.5 Å². The summed E-state index contributed by atoms with van der Waals surface area (Å²) in [7, 11) is -3.20. The number of rotatable bonds is 7. The highest BCUT2D eigenvalue weighted by Gasteiger charge is 2.36. The van der Waals surface area contributed by atoms with Crippen LogP contribution in [0.5, 0.6) is 0 Å². The number of allylic oxidation sites excluding steroid dienone is 1. The van der Waals surface area contributed by atoms with Crippen molar-refractivity contribution < 1.29 is 13.2 Å². The molecule has 0 bridgehead atoms. The minimum absolute atomic E-state index is 0.0346. The molecule has 0 saturated carbocycles. The van der Waals surface area contributed by atoms with E-state index in [9.17, 15) is 13.2 Å². The van der Waals surface area contributed by atoms with E-state index in [1.807, 2.05) is 43.1 Å². The van der Waals surface area contributed by atoms with Crippen molar-refractivity contribution in [2.24, 2.45) is 5.92 Å². The number of benzene rings is 1. The molecular formula is C27H34ClN3O3S. The Kier molecular flexibility index (Phi) is 7.99. The quantitative estimate of drug-likeness (QED) is 0.518. The lowest BCUT2D eigenvalue weighted by Gasteiger charge is -2.35. The number of aromatic nitrogens is 1.